The SMILES string of the molecule is CN1C(=O)C(Br)CC=C1c1ccc(O)cc1Br. The number of hydrogen-bond acceptors (Lipinski definition) is 2. The van der Waals surface area contributed by atoms with Gasteiger partial charge in [-0.1, -0.05) is 22.0 Å². The minimum Gasteiger partial charge on any atom is -0.508 e. The number of rotatable bonds is 1. The molecule has 0 aliphatic carbocycles. The molecule has 0 fully saturated rings. The molecule has 0 spiro atoms. The van der Waals surface area contributed by atoms with E-state index in [1.165, 1.54) is 0 Å². The summed E-state index contributed by atoms with van der Waals surface area (Å²) in [4.78, 5) is 13.3. The molecule has 1 aromatic carbocycles. The Morgan fingerprint density at radius 3 is 2.82 bits per heavy atom. The summed E-state index contributed by atoms with van der Waals surface area (Å²) < 4.78 is 0.774. The number of benzene rings is 1. The first-order valence-corrected chi connectivity index (χ1v) is 6.82. The van der Waals surface area contributed by atoms with Gasteiger partial charge in [-0.25, -0.2) is 0 Å². The van der Waals surface area contributed by atoms with E-state index < -0.39 is 0 Å². The smallest absolute Gasteiger partial charge is 0.240 e. The zero-order valence-electron chi connectivity index (χ0n) is 9.15. The van der Waals surface area contributed by atoms with Crippen molar-refractivity contribution in [2.24, 2.45) is 0 Å². The fourth-order valence-electron chi connectivity index (χ4n) is 1.78. The molecule has 17 heavy (non-hydrogen) atoms. The number of carbonyl (C=O) groups is 1. The normalized spacial score (nSPS) is 20.4. The Labute approximate surface area is 116 Å². The lowest BCUT2D eigenvalue weighted by Crippen LogP contribution is -2.35. The Bertz CT molecular complexity index is 499. The van der Waals surface area contributed by atoms with Crippen LogP contribution in [0.15, 0.2) is 28.7 Å². The van der Waals surface area contributed by atoms with Gasteiger partial charge in [0.05, 0.1) is 4.83 Å². The molecule has 0 radical (unpaired) electrons. The molecule has 3 nitrogen and oxygen atoms in total. The van der Waals surface area contributed by atoms with E-state index in [9.17, 15) is 9.90 Å². The molecule has 1 atom stereocenters. The highest BCUT2D eigenvalue weighted by atomic mass is 79.9. The van der Waals surface area contributed by atoms with Crippen LogP contribution in [0.5, 0.6) is 5.75 Å². The van der Waals surface area contributed by atoms with Gasteiger partial charge in [-0.15, -0.1) is 0 Å². The standard InChI is InChI=1S/C12H11Br2NO2/c1-15-11(5-4-9(13)12(15)17)8-3-2-7(16)6-10(8)14/h2-3,5-6,9,16H,4H2,1H3. The second-order valence-corrected chi connectivity index (χ2v) is 5.81. The van der Waals surface area contributed by atoms with Crippen LogP contribution in [0.4, 0.5) is 0 Å². The van der Waals surface area contributed by atoms with Crippen LogP contribution in [0.3, 0.4) is 0 Å². The van der Waals surface area contributed by atoms with Crippen molar-refractivity contribution < 1.29 is 9.90 Å². The summed E-state index contributed by atoms with van der Waals surface area (Å²) in [5.74, 6) is 0.242. The number of alkyl halides is 1. The van der Waals surface area contributed by atoms with Gasteiger partial charge in [-0.3, -0.25) is 4.79 Å². The number of nitrogens with zero attached hydrogens (tertiary/aromatic N) is 1. The highest BCUT2D eigenvalue weighted by Gasteiger charge is 2.27. The number of carbonyl (C=O) groups excluding carboxylic acids is 1. The topological polar surface area (TPSA) is 40.5 Å². The van der Waals surface area contributed by atoms with Gasteiger partial charge < -0.3 is 10.0 Å². The number of allylic oxidation sites excluding steroid dienone is 1. The summed E-state index contributed by atoms with van der Waals surface area (Å²) in [5.41, 5.74) is 1.76. The van der Waals surface area contributed by atoms with Crippen LogP contribution < -0.4 is 0 Å². The van der Waals surface area contributed by atoms with E-state index in [2.05, 4.69) is 31.9 Å². The Hall–Kier alpha value is -0.810. The minimum atomic E-state index is -0.146. The third-order valence-corrected chi connectivity index (χ3v) is 4.13. The summed E-state index contributed by atoms with van der Waals surface area (Å²) in [5, 5.41) is 9.36. The summed E-state index contributed by atoms with van der Waals surface area (Å²) in [6, 6.07) is 5.03. The zero-order valence-corrected chi connectivity index (χ0v) is 12.3. The fourth-order valence-corrected chi connectivity index (χ4v) is 2.85. The van der Waals surface area contributed by atoms with Crippen molar-refractivity contribution in [1.29, 1.82) is 0 Å². The molecule has 1 amide bonds. The lowest BCUT2D eigenvalue weighted by Gasteiger charge is -2.28. The Balaban J connectivity index is 2.43. The Morgan fingerprint density at radius 1 is 1.47 bits per heavy atom. The molecule has 90 valence electrons. The lowest BCUT2D eigenvalue weighted by molar-refractivity contribution is -0.126. The van der Waals surface area contributed by atoms with Gasteiger partial charge >= 0.3 is 0 Å². The molecule has 1 aliphatic rings. The van der Waals surface area contributed by atoms with E-state index in [4.69, 9.17) is 0 Å². The molecule has 5 heteroatoms. The van der Waals surface area contributed by atoms with Gasteiger partial charge in [0.2, 0.25) is 5.91 Å². The predicted octanol–water partition coefficient (Wildman–Crippen LogP) is 3.12. The van der Waals surface area contributed by atoms with Crippen LogP contribution in [0.25, 0.3) is 5.70 Å². The van der Waals surface area contributed by atoms with Gasteiger partial charge in [0.25, 0.3) is 0 Å². The first kappa shape index (κ1) is 12.6. The number of phenolic OH excluding ortho intramolecular Hbond substituents is 1. The molecular weight excluding hydrogens is 350 g/mol. The van der Waals surface area contributed by atoms with Crippen molar-refractivity contribution in [2.75, 3.05) is 7.05 Å². The highest BCUT2D eigenvalue weighted by Crippen LogP contribution is 2.33. The van der Waals surface area contributed by atoms with E-state index in [-0.39, 0.29) is 16.5 Å². The van der Waals surface area contributed by atoms with Crippen molar-refractivity contribution in [3.8, 4) is 5.75 Å². The van der Waals surface area contributed by atoms with E-state index in [0.717, 1.165) is 15.7 Å². The first-order chi connectivity index (χ1) is 8.00. The van der Waals surface area contributed by atoms with Gasteiger partial charge in [0.1, 0.15) is 5.75 Å². The maximum atomic E-state index is 11.9. The Morgan fingerprint density at radius 2 is 2.18 bits per heavy atom. The average molecular weight is 361 g/mol. The second kappa shape index (κ2) is 4.82. The third kappa shape index (κ3) is 2.40. The summed E-state index contributed by atoms with van der Waals surface area (Å²) in [6.07, 6.45) is 2.68. The molecular formula is C12H11Br2NO2. The zero-order chi connectivity index (χ0) is 12.6. The van der Waals surface area contributed by atoms with Crippen LogP contribution in [-0.4, -0.2) is 27.8 Å². The van der Waals surface area contributed by atoms with Crippen molar-refractivity contribution in [3.05, 3.63) is 34.3 Å². The maximum Gasteiger partial charge on any atom is 0.240 e. The monoisotopic (exact) mass is 359 g/mol. The van der Waals surface area contributed by atoms with Crippen LogP contribution in [0.1, 0.15) is 12.0 Å². The maximum absolute atomic E-state index is 11.9. The van der Waals surface area contributed by atoms with Crippen molar-refractivity contribution >= 4 is 43.5 Å². The molecule has 1 N–H and O–H groups in total. The van der Waals surface area contributed by atoms with Crippen LogP contribution in [0.2, 0.25) is 0 Å². The van der Waals surface area contributed by atoms with Crippen LogP contribution in [-0.2, 0) is 4.79 Å². The van der Waals surface area contributed by atoms with Crippen molar-refractivity contribution in [1.82, 2.24) is 4.90 Å². The number of hydrogen-bond donors (Lipinski definition) is 1. The quantitative estimate of drug-likeness (QED) is 0.781. The fraction of sp³-hybridized carbons (Fsp3) is 0.250. The van der Waals surface area contributed by atoms with Crippen LogP contribution >= 0.6 is 31.9 Å². The molecule has 1 heterocycles. The van der Waals surface area contributed by atoms with E-state index in [0.29, 0.717) is 6.42 Å². The van der Waals surface area contributed by atoms with E-state index in [1.54, 1.807) is 30.1 Å². The largest absolute Gasteiger partial charge is 0.508 e. The molecule has 0 bridgehead atoms. The highest BCUT2D eigenvalue weighted by molar-refractivity contribution is 9.10. The molecule has 0 saturated carbocycles. The number of halogens is 2. The average Bonchev–Trinajstić information content (AvgIpc) is 2.28. The van der Waals surface area contributed by atoms with E-state index in [1.807, 2.05) is 6.08 Å². The Kier molecular flexibility index (Phi) is 3.58. The van der Waals surface area contributed by atoms with Gasteiger partial charge in [-0.05, 0) is 40.5 Å². The third-order valence-electron chi connectivity index (χ3n) is 2.71. The number of aromatic hydroxyl groups is 1. The lowest BCUT2D eigenvalue weighted by atomic mass is 10.0. The molecule has 0 saturated heterocycles. The van der Waals surface area contributed by atoms with Gasteiger partial charge in [-0.2, -0.15) is 0 Å². The van der Waals surface area contributed by atoms with Crippen molar-refractivity contribution in [3.63, 3.8) is 0 Å². The molecule has 2 rings (SSSR count). The van der Waals surface area contributed by atoms with E-state index >= 15 is 0 Å². The van der Waals surface area contributed by atoms with Crippen molar-refractivity contribution in [2.45, 2.75) is 11.2 Å². The number of phenols is 1. The first-order valence-electron chi connectivity index (χ1n) is 5.11. The summed E-state index contributed by atoms with van der Waals surface area (Å²) in [7, 11) is 1.75. The second-order valence-electron chi connectivity index (χ2n) is 3.85. The summed E-state index contributed by atoms with van der Waals surface area (Å²) in [6.45, 7) is 0. The summed E-state index contributed by atoms with van der Waals surface area (Å²) >= 11 is 6.73. The number of amides is 1. The minimum absolute atomic E-state index is 0.0440. The van der Waals surface area contributed by atoms with Crippen LogP contribution in [0, 0.1) is 0 Å². The molecule has 1 aliphatic heterocycles. The van der Waals surface area contributed by atoms with Gasteiger partial charge in [0.15, 0.2) is 0 Å². The molecule has 0 aromatic heterocycles. The molecule has 1 unspecified atom stereocenters. The predicted molar refractivity (Wildman–Crippen MR) is 73.9 cm³/mol. The van der Waals surface area contributed by atoms with Gasteiger partial charge in [0, 0.05) is 22.8 Å². The molecule has 1 aromatic rings.